The minimum absolute atomic E-state index is 0. The van der Waals surface area contributed by atoms with Crippen LogP contribution in [0, 0.1) is 0 Å². The van der Waals surface area contributed by atoms with Crippen LogP contribution in [-0.2, 0) is 33.8 Å². The molecular weight excluding hydrogens is 1250 g/mol. The number of carboxylic acid groups (broad SMARTS) is 1. The first-order valence-electron chi connectivity index (χ1n) is 26.7. The number of carboxylic acids is 1. The SMILES string of the molecule is C.CN(Cc1ccccc1)c1cc2oc(=O)c(C(=O)O)cc2s1.COC(=O)c1cc2sc(N(C)Cc3ccccc3)cc2oc1=O.COC(=O)c1cc2sc(N)cc2oc1=O.COC(=O)c1cc2sc(NCc3ccccc3)cc2oc1=O.O=Cc1ccccc1. The third-order valence-corrected chi connectivity index (χ3v) is 16.9. The first-order valence-corrected chi connectivity index (χ1v) is 29.9. The van der Waals surface area contributed by atoms with Gasteiger partial charge in [0.2, 0.25) is 0 Å². The number of aldehydes is 1. The smallest absolute Gasteiger partial charge is 0.351 e. The zero-order valence-electron chi connectivity index (χ0n) is 48.4. The quantitative estimate of drug-likeness (QED) is 0.0517. The number of hydrogen-bond donors (Lipinski definition) is 3. The van der Waals surface area contributed by atoms with E-state index in [0.29, 0.717) is 49.8 Å². The van der Waals surface area contributed by atoms with Crippen molar-refractivity contribution in [2.24, 2.45) is 0 Å². The Morgan fingerprint density at radius 1 is 0.484 bits per heavy atom. The molecule has 12 aromatic rings. The summed E-state index contributed by atoms with van der Waals surface area (Å²) >= 11 is 5.51. The highest BCUT2D eigenvalue weighted by molar-refractivity contribution is 7.23. The number of esters is 3. The molecule has 25 heteroatoms. The fourth-order valence-corrected chi connectivity index (χ4v) is 11.9. The van der Waals surface area contributed by atoms with Gasteiger partial charge < -0.3 is 57.8 Å². The predicted octanol–water partition coefficient (Wildman–Crippen LogP) is 13.1. The highest BCUT2D eigenvalue weighted by atomic mass is 32.1. The van der Waals surface area contributed by atoms with Crippen molar-refractivity contribution in [3.8, 4) is 0 Å². The van der Waals surface area contributed by atoms with Crippen LogP contribution in [0.15, 0.2) is 207 Å². The Labute approximate surface area is 533 Å². The lowest BCUT2D eigenvalue weighted by molar-refractivity contribution is 0.0587. The lowest BCUT2D eigenvalue weighted by Crippen LogP contribution is -2.14. The molecule has 91 heavy (non-hydrogen) atoms. The van der Waals surface area contributed by atoms with Gasteiger partial charge in [-0.05, 0) is 41.0 Å². The molecule has 21 nitrogen and oxygen atoms in total. The standard InChI is InChI=1S/C17H15NO4S.2C16H13NO4S.C9H7NO4S.C7H6O.CH4/c1-18(10-11-6-4-3-5-7-11)15-9-13-14(23-15)8-12(16(19)21-2)17(20)22-13;1-20-15(18)11-7-13-12(21-16(11)19)8-14(22-13)17-9-10-5-3-2-4-6-10;1-17(9-10-5-3-2-4-6-10)14-8-12-13(22-14)7-11(15(18)19)16(20)21-12;1-13-8(11)4-2-6-5(14-9(4)12)3-7(10)15-6;8-6-7-4-2-1-3-5-7;/h3-9H,10H2,1-2H3;2-8,17H,9H2,1H3;2-8H,9H2,1H3,(H,18,19);2-3H,10H2,1H3;1-6H;1H4. The highest BCUT2D eigenvalue weighted by Crippen LogP contribution is 2.35. The van der Waals surface area contributed by atoms with Crippen molar-refractivity contribution in [2.75, 3.05) is 56.3 Å². The van der Waals surface area contributed by atoms with Crippen LogP contribution >= 0.6 is 45.3 Å². The number of anilines is 4. The molecule has 0 fully saturated rings. The highest BCUT2D eigenvalue weighted by Gasteiger charge is 2.20. The molecule has 0 saturated carbocycles. The minimum Gasteiger partial charge on any atom is -0.477 e. The van der Waals surface area contributed by atoms with Crippen molar-refractivity contribution in [1.29, 1.82) is 0 Å². The van der Waals surface area contributed by atoms with Crippen molar-refractivity contribution in [1.82, 2.24) is 0 Å². The number of nitrogen functional groups attached to an aromatic ring is 1. The molecule has 0 aliphatic rings. The van der Waals surface area contributed by atoms with Gasteiger partial charge in [-0.1, -0.05) is 129 Å². The summed E-state index contributed by atoms with van der Waals surface area (Å²) in [6.45, 7) is 2.12. The monoisotopic (exact) mass is 1310 g/mol. The first-order chi connectivity index (χ1) is 43.3. The van der Waals surface area contributed by atoms with Crippen LogP contribution < -0.4 is 43.4 Å². The number of rotatable bonds is 14. The summed E-state index contributed by atoms with van der Waals surface area (Å²) in [4.78, 5) is 106. The number of fused-ring (bicyclic) bond motifs is 4. The number of nitrogens with zero attached hydrogens (tertiary/aromatic N) is 2. The Bertz CT molecular complexity index is 4730. The van der Waals surface area contributed by atoms with Gasteiger partial charge in [-0.25, -0.2) is 38.4 Å². The summed E-state index contributed by atoms with van der Waals surface area (Å²) < 4.78 is 36.7. The van der Waals surface area contributed by atoms with E-state index in [0.717, 1.165) is 53.9 Å². The van der Waals surface area contributed by atoms with Crippen LogP contribution in [0.4, 0.5) is 20.0 Å². The molecule has 468 valence electrons. The predicted molar refractivity (Wildman–Crippen MR) is 356 cm³/mol. The van der Waals surface area contributed by atoms with Crippen molar-refractivity contribution in [2.45, 2.75) is 27.1 Å². The largest absolute Gasteiger partial charge is 0.477 e. The van der Waals surface area contributed by atoms with Crippen LogP contribution in [0.25, 0.3) is 41.1 Å². The van der Waals surface area contributed by atoms with Crippen LogP contribution in [-0.4, -0.2) is 70.7 Å². The summed E-state index contributed by atoms with van der Waals surface area (Å²) in [6, 6.07) is 51.8. The zero-order chi connectivity index (χ0) is 64.4. The molecule has 12 rings (SSSR count). The van der Waals surface area contributed by atoms with E-state index in [1.54, 1.807) is 30.3 Å². The Kier molecular flexibility index (Phi) is 23.8. The molecule has 8 heterocycles. The van der Waals surface area contributed by atoms with Crippen LogP contribution in [0.2, 0.25) is 0 Å². The summed E-state index contributed by atoms with van der Waals surface area (Å²) in [5.74, 6) is -3.36. The number of nitrogens with one attached hydrogen (secondary N) is 1. The van der Waals surface area contributed by atoms with Gasteiger partial charge in [0.1, 0.15) is 28.5 Å². The second-order valence-corrected chi connectivity index (χ2v) is 23.3. The van der Waals surface area contributed by atoms with Gasteiger partial charge in [-0.2, -0.15) is 0 Å². The van der Waals surface area contributed by atoms with E-state index in [4.69, 9.17) is 28.5 Å². The molecule has 0 aliphatic carbocycles. The number of ether oxygens (including phenoxy) is 3. The molecular formula is C66H58N4O17S4. The van der Waals surface area contributed by atoms with E-state index >= 15 is 0 Å². The topological polar surface area (TPSA) is 299 Å². The van der Waals surface area contributed by atoms with Crippen molar-refractivity contribution in [3.05, 3.63) is 256 Å². The number of benzene rings is 4. The Hall–Kier alpha value is -10.7. The van der Waals surface area contributed by atoms with E-state index in [2.05, 4.69) is 36.6 Å². The third kappa shape index (κ3) is 18.0. The van der Waals surface area contributed by atoms with Gasteiger partial charge in [-0.3, -0.25) is 4.79 Å². The number of aromatic carboxylic acids is 1. The van der Waals surface area contributed by atoms with E-state index in [1.807, 2.05) is 122 Å². The van der Waals surface area contributed by atoms with Gasteiger partial charge in [0.25, 0.3) is 0 Å². The summed E-state index contributed by atoms with van der Waals surface area (Å²) in [5.41, 5.74) is 7.95. The summed E-state index contributed by atoms with van der Waals surface area (Å²) in [6.07, 6.45) is 0.833. The molecule has 0 atom stereocenters. The van der Waals surface area contributed by atoms with Gasteiger partial charge in [0, 0.05) is 63.6 Å². The van der Waals surface area contributed by atoms with Crippen LogP contribution in [0.3, 0.4) is 0 Å². The fraction of sp³-hybridized carbons (Fsp3) is 0.136. The second-order valence-electron chi connectivity index (χ2n) is 19.0. The van der Waals surface area contributed by atoms with E-state index in [9.17, 15) is 43.2 Å². The Balaban J connectivity index is 0.000000166. The number of methoxy groups -OCH3 is 3. The average Bonchev–Trinajstić information content (AvgIpc) is 1.80. The number of thiophene rings is 4. The maximum atomic E-state index is 11.8. The van der Waals surface area contributed by atoms with Gasteiger partial charge >= 0.3 is 46.4 Å². The molecule has 0 saturated heterocycles. The summed E-state index contributed by atoms with van der Waals surface area (Å²) in [5, 5.41) is 15.5. The molecule has 0 unspecified atom stereocenters. The maximum Gasteiger partial charge on any atom is 0.351 e. The molecule has 0 bridgehead atoms. The number of nitrogens with two attached hydrogens (primary N) is 1. The average molecular weight is 1310 g/mol. The summed E-state index contributed by atoms with van der Waals surface area (Å²) in [7, 11) is 7.58. The number of hydrogen-bond acceptors (Lipinski definition) is 24. The first kappa shape index (κ1) is 67.8. The normalized spacial score (nSPS) is 10.3. The van der Waals surface area contributed by atoms with Crippen LogP contribution in [0.1, 0.15) is 75.9 Å². The molecule has 0 spiro atoms. The number of carbonyl (C=O) groups excluding carboxylic acids is 4. The zero-order valence-corrected chi connectivity index (χ0v) is 51.7. The Morgan fingerprint density at radius 3 is 1.21 bits per heavy atom. The molecule has 4 N–H and O–H groups in total. The van der Waals surface area contributed by atoms with Gasteiger partial charge in [0.15, 0.2) is 22.3 Å². The van der Waals surface area contributed by atoms with E-state index < -0.39 is 46.4 Å². The molecule has 0 amide bonds. The maximum absolute atomic E-state index is 11.8. The van der Waals surface area contributed by atoms with E-state index in [-0.39, 0.29) is 29.7 Å². The second kappa shape index (κ2) is 32.0. The molecule has 8 aromatic heterocycles. The molecule has 0 aliphatic heterocycles. The molecule has 0 radical (unpaired) electrons. The van der Waals surface area contributed by atoms with Crippen molar-refractivity contribution >= 4 is 137 Å². The van der Waals surface area contributed by atoms with Crippen molar-refractivity contribution in [3.63, 3.8) is 0 Å². The lowest BCUT2D eigenvalue weighted by atomic mass is 10.2. The van der Waals surface area contributed by atoms with Gasteiger partial charge in [0.05, 0.1) is 60.1 Å². The van der Waals surface area contributed by atoms with Crippen molar-refractivity contribution < 1.29 is 61.0 Å². The fourth-order valence-electron chi connectivity index (χ4n) is 8.20. The Morgan fingerprint density at radius 2 is 0.824 bits per heavy atom. The van der Waals surface area contributed by atoms with E-state index in [1.165, 1.54) is 96.5 Å². The molecule has 4 aromatic carbocycles. The van der Waals surface area contributed by atoms with Crippen LogP contribution in [0.5, 0.6) is 0 Å². The minimum atomic E-state index is -1.27. The number of carbonyl (C=O) groups is 5. The van der Waals surface area contributed by atoms with Gasteiger partial charge in [-0.15, -0.1) is 45.3 Å². The third-order valence-electron chi connectivity index (χ3n) is 12.7. The lowest BCUT2D eigenvalue weighted by Gasteiger charge is -2.16.